The van der Waals surface area contributed by atoms with E-state index in [4.69, 9.17) is 4.74 Å². The van der Waals surface area contributed by atoms with Crippen molar-refractivity contribution in [2.24, 2.45) is 5.10 Å². The fourth-order valence-corrected chi connectivity index (χ4v) is 2.82. The molecule has 0 amide bonds. The number of morpholine rings is 1. The van der Waals surface area contributed by atoms with Gasteiger partial charge in [-0.2, -0.15) is 5.10 Å². The molecule has 0 unspecified atom stereocenters. The van der Waals surface area contributed by atoms with Crippen LogP contribution in [0.2, 0.25) is 0 Å². The number of ether oxygens (including phenoxy) is 1. The standard InChI is InChI=1S/C18H19N5O5/c1-13(14-2-4-15(5-3-14)21-8-10-28-11-9-21)19-20-17-7-6-16(22(24)25)12-18(17)23(26)27/h2-7,12,20H,8-11H2,1H3/b19-13-. The van der Waals surface area contributed by atoms with Gasteiger partial charge in [-0.25, -0.2) is 0 Å². The molecule has 10 heteroatoms. The number of benzene rings is 2. The highest BCUT2D eigenvalue weighted by molar-refractivity contribution is 5.99. The second-order valence-corrected chi connectivity index (χ2v) is 6.17. The minimum atomic E-state index is -0.683. The molecule has 3 rings (SSSR count). The van der Waals surface area contributed by atoms with Crippen molar-refractivity contribution in [1.29, 1.82) is 0 Å². The van der Waals surface area contributed by atoms with Gasteiger partial charge in [-0.1, -0.05) is 12.1 Å². The van der Waals surface area contributed by atoms with Crippen molar-refractivity contribution in [3.63, 3.8) is 0 Å². The topological polar surface area (TPSA) is 123 Å². The molecular formula is C18H19N5O5. The number of nitro benzene ring substituents is 2. The van der Waals surface area contributed by atoms with Crippen molar-refractivity contribution < 1.29 is 14.6 Å². The highest BCUT2D eigenvalue weighted by Gasteiger charge is 2.19. The predicted octanol–water partition coefficient (Wildman–Crippen LogP) is 3.18. The lowest BCUT2D eigenvalue weighted by Crippen LogP contribution is -2.36. The van der Waals surface area contributed by atoms with Crippen LogP contribution in [-0.4, -0.2) is 41.9 Å². The summed E-state index contributed by atoms with van der Waals surface area (Å²) in [5.74, 6) is 0. The Morgan fingerprint density at radius 1 is 1.07 bits per heavy atom. The van der Waals surface area contributed by atoms with Gasteiger partial charge in [0, 0.05) is 24.8 Å². The average Bonchev–Trinajstić information content (AvgIpc) is 2.72. The summed E-state index contributed by atoms with van der Waals surface area (Å²) in [6.07, 6.45) is 0. The third-order valence-corrected chi connectivity index (χ3v) is 4.39. The Morgan fingerprint density at radius 3 is 2.36 bits per heavy atom. The van der Waals surface area contributed by atoms with E-state index in [1.54, 1.807) is 6.92 Å². The molecule has 0 bridgehead atoms. The maximum absolute atomic E-state index is 11.2. The molecule has 0 aromatic heterocycles. The number of anilines is 2. The Balaban J connectivity index is 1.75. The van der Waals surface area contributed by atoms with Crippen LogP contribution in [0, 0.1) is 20.2 Å². The third-order valence-electron chi connectivity index (χ3n) is 4.39. The number of hydrazone groups is 1. The Morgan fingerprint density at radius 2 is 1.75 bits per heavy atom. The molecule has 0 aliphatic carbocycles. The summed E-state index contributed by atoms with van der Waals surface area (Å²) in [5, 5.41) is 26.2. The largest absolute Gasteiger partial charge is 0.378 e. The summed E-state index contributed by atoms with van der Waals surface area (Å²) < 4.78 is 5.35. The van der Waals surface area contributed by atoms with Gasteiger partial charge in [0.2, 0.25) is 0 Å². The quantitative estimate of drug-likeness (QED) is 0.460. The summed E-state index contributed by atoms with van der Waals surface area (Å²) in [6, 6.07) is 11.2. The third kappa shape index (κ3) is 4.41. The first kappa shape index (κ1) is 19.2. The summed E-state index contributed by atoms with van der Waals surface area (Å²) in [6.45, 7) is 4.88. The van der Waals surface area contributed by atoms with Crippen LogP contribution >= 0.6 is 0 Å². The molecule has 28 heavy (non-hydrogen) atoms. The minimum Gasteiger partial charge on any atom is -0.378 e. The second kappa shape index (κ2) is 8.44. The first-order chi connectivity index (χ1) is 13.5. The molecule has 1 aliphatic heterocycles. The Hall–Kier alpha value is -3.53. The van der Waals surface area contributed by atoms with Crippen LogP contribution in [0.5, 0.6) is 0 Å². The lowest BCUT2D eigenvalue weighted by molar-refractivity contribution is -0.393. The van der Waals surface area contributed by atoms with Crippen molar-refractivity contribution in [3.05, 3.63) is 68.3 Å². The van der Waals surface area contributed by atoms with Gasteiger partial charge in [0.1, 0.15) is 5.69 Å². The van der Waals surface area contributed by atoms with Gasteiger partial charge in [0.15, 0.2) is 0 Å². The van der Waals surface area contributed by atoms with Crippen LogP contribution in [-0.2, 0) is 4.74 Å². The van der Waals surface area contributed by atoms with Crippen molar-refractivity contribution in [2.45, 2.75) is 6.92 Å². The van der Waals surface area contributed by atoms with Crippen molar-refractivity contribution in [1.82, 2.24) is 0 Å². The van der Waals surface area contributed by atoms with Crippen LogP contribution in [0.1, 0.15) is 12.5 Å². The van der Waals surface area contributed by atoms with E-state index in [9.17, 15) is 20.2 Å². The second-order valence-electron chi connectivity index (χ2n) is 6.17. The number of nitrogens with one attached hydrogen (secondary N) is 1. The van der Waals surface area contributed by atoms with Crippen molar-refractivity contribution in [2.75, 3.05) is 36.6 Å². The summed E-state index contributed by atoms with van der Waals surface area (Å²) >= 11 is 0. The van der Waals surface area contributed by atoms with Gasteiger partial charge < -0.3 is 9.64 Å². The maximum Gasteiger partial charge on any atom is 0.301 e. The molecule has 0 atom stereocenters. The molecule has 1 saturated heterocycles. The molecule has 0 saturated carbocycles. The van der Waals surface area contributed by atoms with E-state index in [2.05, 4.69) is 15.4 Å². The highest BCUT2D eigenvalue weighted by Crippen LogP contribution is 2.29. The Labute approximate surface area is 160 Å². The predicted molar refractivity (Wildman–Crippen MR) is 105 cm³/mol. The molecule has 1 heterocycles. The first-order valence-electron chi connectivity index (χ1n) is 8.62. The van der Waals surface area contributed by atoms with Gasteiger partial charge in [0.05, 0.1) is 34.8 Å². The summed E-state index contributed by atoms with van der Waals surface area (Å²) in [7, 11) is 0. The lowest BCUT2D eigenvalue weighted by Gasteiger charge is -2.28. The van der Waals surface area contributed by atoms with Gasteiger partial charge in [-0.05, 0) is 30.7 Å². The van der Waals surface area contributed by atoms with Crippen LogP contribution < -0.4 is 10.3 Å². The number of hydrogen-bond donors (Lipinski definition) is 1. The molecule has 146 valence electrons. The lowest BCUT2D eigenvalue weighted by atomic mass is 10.1. The van der Waals surface area contributed by atoms with Gasteiger partial charge in [-0.3, -0.25) is 25.7 Å². The molecule has 0 radical (unpaired) electrons. The zero-order valence-electron chi connectivity index (χ0n) is 15.2. The monoisotopic (exact) mass is 385 g/mol. The number of nitro groups is 2. The Bertz CT molecular complexity index is 907. The number of non-ortho nitro benzene ring substituents is 1. The van der Waals surface area contributed by atoms with E-state index in [0.29, 0.717) is 18.9 Å². The molecule has 0 spiro atoms. The fraction of sp³-hybridized carbons (Fsp3) is 0.278. The molecule has 1 N–H and O–H groups in total. The van der Waals surface area contributed by atoms with Gasteiger partial charge in [0.25, 0.3) is 5.69 Å². The van der Waals surface area contributed by atoms with Crippen LogP contribution in [0.25, 0.3) is 0 Å². The minimum absolute atomic E-state index is 0.0832. The zero-order valence-corrected chi connectivity index (χ0v) is 15.2. The maximum atomic E-state index is 11.2. The first-order valence-corrected chi connectivity index (χ1v) is 8.62. The van der Waals surface area contributed by atoms with Crippen LogP contribution in [0.3, 0.4) is 0 Å². The molecule has 2 aromatic rings. The molecule has 2 aromatic carbocycles. The van der Waals surface area contributed by atoms with Crippen LogP contribution in [0.4, 0.5) is 22.7 Å². The van der Waals surface area contributed by atoms with Crippen LogP contribution in [0.15, 0.2) is 47.6 Å². The summed E-state index contributed by atoms with van der Waals surface area (Å²) in [4.78, 5) is 22.9. The van der Waals surface area contributed by atoms with E-state index in [0.717, 1.165) is 30.4 Å². The molecular weight excluding hydrogens is 366 g/mol. The summed E-state index contributed by atoms with van der Waals surface area (Å²) in [5.41, 5.74) is 4.54. The van der Waals surface area contributed by atoms with E-state index in [1.807, 2.05) is 24.3 Å². The molecule has 10 nitrogen and oxygen atoms in total. The van der Waals surface area contributed by atoms with E-state index < -0.39 is 15.5 Å². The number of hydrogen-bond acceptors (Lipinski definition) is 8. The number of nitrogens with zero attached hydrogens (tertiary/aromatic N) is 4. The van der Waals surface area contributed by atoms with E-state index >= 15 is 0 Å². The zero-order chi connectivity index (χ0) is 20.1. The van der Waals surface area contributed by atoms with E-state index in [1.165, 1.54) is 12.1 Å². The molecule has 1 aliphatic rings. The normalized spacial score (nSPS) is 14.6. The van der Waals surface area contributed by atoms with Gasteiger partial charge >= 0.3 is 5.69 Å². The fourth-order valence-electron chi connectivity index (χ4n) is 2.82. The van der Waals surface area contributed by atoms with Gasteiger partial charge in [-0.15, -0.1) is 0 Å². The number of rotatable bonds is 6. The smallest absolute Gasteiger partial charge is 0.301 e. The van der Waals surface area contributed by atoms with E-state index in [-0.39, 0.29) is 11.4 Å². The molecule has 1 fully saturated rings. The van der Waals surface area contributed by atoms with Crippen molar-refractivity contribution >= 4 is 28.5 Å². The SMILES string of the molecule is C/C(=N/Nc1ccc([N+](=O)[O-])cc1[N+](=O)[O-])c1ccc(N2CCOCC2)cc1. The highest BCUT2D eigenvalue weighted by atomic mass is 16.6. The average molecular weight is 385 g/mol. The van der Waals surface area contributed by atoms with Crippen molar-refractivity contribution in [3.8, 4) is 0 Å². The Kier molecular flexibility index (Phi) is 5.80.